The van der Waals surface area contributed by atoms with Crippen LogP contribution in [0.15, 0.2) is 109 Å². The lowest BCUT2D eigenvalue weighted by Gasteiger charge is -2.43. The zero-order valence-electron chi connectivity index (χ0n) is 28.5. The molecule has 0 radical (unpaired) electrons. The molecule has 49 heavy (non-hydrogen) atoms. The van der Waals surface area contributed by atoms with Gasteiger partial charge in [0, 0.05) is 46.7 Å². The first-order valence-electron chi connectivity index (χ1n) is 17.4. The molecule has 0 aliphatic carbocycles. The van der Waals surface area contributed by atoms with Crippen molar-refractivity contribution in [3.05, 3.63) is 131 Å². The first-order valence-corrected chi connectivity index (χ1v) is 17.4. The number of carbonyl (C=O) groups is 2. The summed E-state index contributed by atoms with van der Waals surface area (Å²) in [5, 5.41) is 0. The summed E-state index contributed by atoms with van der Waals surface area (Å²) < 4.78 is 24.7. The van der Waals surface area contributed by atoms with Crippen molar-refractivity contribution in [1.29, 1.82) is 0 Å². The third-order valence-corrected chi connectivity index (χ3v) is 9.12. The quantitative estimate of drug-likeness (QED) is 0.152. The molecule has 8 nitrogen and oxygen atoms in total. The summed E-state index contributed by atoms with van der Waals surface area (Å²) in [4.78, 5) is 30.6. The molecule has 0 saturated carbocycles. The van der Waals surface area contributed by atoms with Gasteiger partial charge in [-0.2, -0.15) is 0 Å². The van der Waals surface area contributed by atoms with Crippen LogP contribution in [0, 0.1) is 5.41 Å². The molecule has 6 rings (SSSR count). The molecule has 2 fully saturated rings. The molecule has 1 spiro atoms. The van der Waals surface area contributed by atoms with E-state index in [1.54, 1.807) is 0 Å². The Kier molecular flexibility index (Phi) is 11.5. The van der Waals surface area contributed by atoms with Crippen molar-refractivity contribution in [2.45, 2.75) is 52.1 Å². The Balaban J connectivity index is 1.02. The van der Waals surface area contributed by atoms with Gasteiger partial charge in [-0.3, -0.25) is 9.59 Å². The lowest BCUT2D eigenvalue weighted by molar-refractivity contribution is -0.307. The van der Waals surface area contributed by atoms with Crippen LogP contribution in [-0.4, -0.2) is 51.3 Å². The van der Waals surface area contributed by atoms with E-state index in [2.05, 4.69) is 13.8 Å². The number of rotatable bonds is 12. The van der Waals surface area contributed by atoms with Gasteiger partial charge in [0.2, 0.25) is 0 Å². The van der Waals surface area contributed by atoms with E-state index in [0.717, 1.165) is 48.2 Å². The second-order valence-electron chi connectivity index (χ2n) is 12.9. The van der Waals surface area contributed by atoms with E-state index in [1.165, 1.54) is 0 Å². The molecule has 0 bridgehead atoms. The SMILES string of the molecule is CCCCN(C(=O)c1ccc(C2OCC3(CO2)COC(c2ccc(C(=O)N(CCCC)c4ccccc4)cc2)OC3)cc1)c1ccccc1. The van der Waals surface area contributed by atoms with E-state index in [4.69, 9.17) is 18.9 Å². The summed E-state index contributed by atoms with van der Waals surface area (Å²) in [6, 6.07) is 34.6. The predicted molar refractivity (Wildman–Crippen MR) is 191 cm³/mol. The van der Waals surface area contributed by atoms with Gasteiger partial charge in [0.25, 0.3) is 11.8 Å². The van der Waals surface area contributed by atoms with Gasteiger partial charge in [-0.15, -0.1) is 0 Å². The normalized spacial score (nSPS) is 20.5. The van der Waals surface area contributed by atoms with Crippen molar-refractivity contribution in [3.63, 3.8) is 0 Å². The van der Waals surface area contributed by atoms with Crippen LogP contribution >= 0.6 is 0 Å². The molecule has 2 heterocycles. The summed E-state index contributed by atoms with van der Waals surface area (Å²) in [6.07, 6.45) is 2.81. The van der Waals surface area contributed by atoms with Gasteiger partial charge in [0.15, 0.2) is 12.6 Å². The predicted octanol–water partition coefficient (Wildman–Crippen LogP) is 8.36. The van der Waals surface area contributed by atoms with E-state index in [9.17, 15) is 9.59 Å². The van der Waals surface area contributed by atoms with Gasteiger partial charge < -0.3 is 28.7 Å². The van der Waals surface area contributed by atoms with Crippen molar-refractivity contribution in [2.75, 3.05) is 49.3 Å². The number of hydrogen-bond acceptors (Lipinski definition) is 6. The number of para-hydroxylation sites is 2. The maximum absolute atomic E-state index is 13.5. The molecule has 0 atom stereocenters. The zero-order chi connectivity index (χ0) is 34.1. The third kappa shape index (κ3) is 8.28. The Labute approximate surface area is 289 Å². The average Bonchev–Trinajstić information content (AvgIpc) is 3.17. The van der Waals surface area contributed by atoms with Gasteiger partial charge in [0.1, 0.15) is 0 Å². The van der Waals surface area contributed by atoms with Gasteiger partial charge in [-0.25, -0.2) is 0 Å². The number of unbranched alkanes of at least 4 members (excludes halogenated alkanes) is 2. The molecule has 256 valence electrons. The molecule has 0 unspecified atom stereocenters. The average molecular weight is 663 g/mol. The van der Waals surface area contributed by atoms with Crippen LogP contribution in [0.5, 0.6) is 0 Å². The van der Waals surface area contributed by atoms with E-state index in [-0.39, 0.29) is 11.8 Å². The number of anilines is 2. The fourth-order valence-corrected chi connectivity index (χ4v) is 6.16. The van der Waals surface area contributed by atoms with Gasteiger partial charge in [-0.1, -0.05) is 87.4 Å². The summed E-state index contributed by atoms with van der Waals surface area (Å²) in [7, 11) is 0. The first-order chi connectivity index (χ1) is 24.0. The summed E-state index contributed by atoms with van der Waals surface area (Å²) >= 11 is 0. The molecule has 0 aromatic heterocycles. The fourth-order valence-electron chi connectivity index (χ4n) is 6.16. The van der Waals surface area contributed by atoms with Crippen molar-refractivity contribution in [1.82, 2.24) is 0 Å². The smallest absolute Gasteiger partial charge is 0.258 e. The highest BCUT2D eigenvalue weighted by Gasteiger charge is 2.42. The Morgan fingerprint density at radius 3 is 1.22 bits per heavy atom. The fraction of sp³-hybridized carbons (Fsp3) is 0.366. The molecular formula is C41H46N2O6. The van der Waals surface area contributed by atoms with Crippen LogP contribution in [0.4, 0.5) is 11.4 Å². The lowest BCUT2D eigenvalue weighted by Crippen LogP contribution is -2.49. The monoisotopic (exact) mass is 662 g/mol. The Bertz CT molecular complexity index is 1500. The highest BCUT2D eigenvalue weighted by atomic mass is 16.7. The van der Waals surface area contributed by atoms with Gasteiger partial charge in [-0.05, 0) is 61.4 Å². The number of nitrogens with zero attached hydrogens (tertiary/aromatic N) is 2. The van der Waals surface area contributed by atoms with Crippen molar-refractivity contribution >= 4 is 23.2 Å². The Morgan fingerprint density at radius 2 is 0.898 bits per heavy atom. The molecular weight excluding hydrogens is 616 g/mol. The van der Waals surface area contributed by atoms with Crippen LogP contribution in [0.3, 0.4) is 0 Å². The maximum Gasteiger partial charge on any atom is 0.258 e. The standard InChI is InChI=1S/C41H46N2O6/c1-3-5-25-42(35-13-9-7-10-14-35)37(44)31-17-21-33(22-18-31)39-46-27-41(28-47-39)29-48-40(49-30-41)34-23-19-32(20-24-34)38(45)43(26-6-4-2)36-15-11-8-12-16-36/h7-24,39-40H,3-6,25-30H2,1-2H3. The molecule has 2 aliphatic heterocycles. The van der Waals surface area contributed by atoms with Gasteiger partial charge in [0.05, 0.1) is 31.8 Å². The lowest BCUT2D eigenvalue weighted by atomic mass is 9.90. The van der Waals surface area contributed by atoms with E-state index in [0.29, 0.717) is 50.6 Å². The minimum absolute atomic E-state index is 0.0240. The molecule has 8 heteroatoms. The highest BCUT2D eigenvalue weighted by Crippen LogP contribution is 2.38. The van der Waals surface area contributed by atoms with Crippen molar-refractivity contribution < 1.29 is 28.5 Å². The molecule has 2 aliphatic rings. The van der Waals surface area contributed by atoms with Crippen LogP contribution in [0.25, 0.3) is 0 Å². The summed E-state index contributed by atoms with van der Waals surface area (Å²) in [6.45, 7) is 7.27. The molecule has 2 amide bonds. The Morgan fingerprint density at radius 1 is 0.551 bits per heavy atom. The van der Waals surface area contributed by atoms with Crippen LogP contribution in [0.1, 0.15) is 84.0 Å². The second-order valence-corrected chi connectivity index (χ2v) is 12.9. The highest BCUT2D eigenvalue weighted by molar-refractivity contribution is 6.06. The van der Waals surface area contributed by atoms with E-state index >= 15 is 0 Å². The maximum atomic E-state index is 13.5. The minimum Gasteiger partial charge on any atom is -0.348 e. The van der Waals surface area contributed by atoms with Crippen LogP contribution in [-0.2, 0) is 18.9 Å². The zero-order valence-corrected chi connectivity index (χ0v) is 28.5. The molecule has 2 saturated heterocycles. The summed E-state index contributed by atoms with van der Waals surface area (Å²) in [5.74, 6) is -0.0480. The van der Waals surface area contributed by atoms with Crippen LogP contribution in [0.2, 0.25) is 0 Å². The molecule has 4 aromatic rings. The Hall–Kier alpha value is -4.34. The van der Waals surface area contributed by atoms with E-state index < -0.39 is 18.0 Å². The number of carbonyl (C=O) groups excluding carboxylic acids is 2. The van der Waals surface area contributed by atoms with Crippen molar-refractivity contribution in [2.24, 2.45) is 5.41 Å². The third-order valence-electron chi connectivity index (χ3n) is 9.12. The first kappa shape index (κ1) is 34.5. The number of benzene rings is 4. The minimum atomic E-state index is -0.532. The van der Waals surface area contributed by atoms with Gasteiger partial charge >= 0.3 is 0 Å². The van der Waals surface area contributed by atoms with Crippen LogP contribution < -0.4 is 9.80 Å². The summed E-state index contributed by atoms with van der Waals surface area (Å²) in [5.41, 5.74) is 4.34. The molecule has 0 N–H and O–H groups in total. The second kappa shape index (κ2) is 16.4. The van der Waals surface area contributed by atoms with E-state index in [1.807, 2.05) is 119 Å². The number of hydrogen-bond donors (Lipinski definition) is 0. The van der Waals surface area contributed by atoms with Crippen molar-refractivity contribution in [3.8, 4) is 0 Å². The largest absolute Gasteiger partial charge is 0.348 e. The number of ether oxygens (including phenoxy) is 4. The topological polar surface area (TPSA) is 77.5 Å². The number of amides is 2. The molecule has 4 aromatic carbocycles.